The van der Waals surface area contributed by atoms with Crippen LogP contribution in [-0.2, 0) is 4.57 Å². The summed E-state index contributed by atoms with van der Waals surface area (Å²) in [6.45, 7) is 1.59. The molecule has 0 saturated carbocycles. The molecule has 3 rings (SSSR count). The van der Waals surface area contributed by atoms with Crippen LogP contribution < -0.4 is 0 Å². The van der Waals surface area contributed by atoms with Gasteiger partial charge in [-0.1, -0.05) is 83.9 Å². The smallest absolute Gasteiger partial charge is 0.196 e. The van der Waals surface area contributed by atoms with Crippen molar-refractivity contribution in [3.05, 3.63) is 83.4 Å². The van der Waals surface area contributed by atoms with Crippen molar-refractivity contribution in [3.63, 3.8) is 0 Å². The van der Waals surface area contributed by atoms with Crippen molar-refractivity contribution in [1.29, 1.82) is 0 Å². The molecule has 0 aliphatic carbocycles. The van der Waals surface area contributed by atoms with Crippen LogP contribution in [0.3, 0.4) is 0 Å². The Bertz CT molecular complexity index is 753. The first-order valence-electron chi connectivity index (χ1n) is 8.31. The van der Waals surface area contributed by atoms with Crippen LogP contribution in [0.2, 0.25) is 0 Å². The van der Waals surface area contributed by atoms with E-state index in [1.807, 2.05) is 65.3 Å². The van der Waals surface area contributed by atoms with Crippen molar-refractivity contribution in [1.82, 2.24) is 4.67 Å². The standard InChI is InChI=1S/C20H20Cl2NOP/c21-19(17-9-3-1-4-10-17)15-25(24,23-13-7-8-14-23)16-20(22)18-11-5-2-6-12-18/h1-6,9-12,15-16H,7-8,13-14H2/b19-15-,20-16-. The highest BCUT2D eigenvalue weighted by molar-refractivity contribution is 7.68. The van der Waals surface area contributed by atoms with Crippen LogP contribution in [0.15, 0.2) is 72.3 Å². The van der Waals surface area contributed by atoms with Gasteiger partial charge in [0.15, 0.2) is 7.29 Å². The summed E-state index contributed by atoms with van der Waals surface area (Å²) in [5, 5.41) is 0.981. The fourth-order valence-corrected chi connectivity index (χ4v) is 6.23. The molecule has 25 heavy (non-hydrogen) atoms. The van der Waals surface area contributed by atoms with Crippen molar-refractivity contribution in [2.45, 2.75) is 12.8 Å². The lowest BCUT2D eigenvalue weighted by atomic mass is 10.2. The van der Waals surface area contributed by atoms with Crippen LogP contribution in [0, 0.1) is 0 Å². The zero-order valence-corrected chi connectivity index (χ0v) is 16.2. The largest absolute Gasteiger partial charge is 0.297 e. The topological polar surface area (TPSA) is 20.3 Å². The van der Waals surface area contributed by atoms with Gasteiger partial charge in [0.05, 0.1) is 10.1 Å². The van der Waals surface area contributed by atoms with E-state index in [0.29, 0.717) is 10.1 Å². The first-order chi connectivity index (χ1) is 12.1. The third kappa shape index (κ3) is 4.65. The van der Waals surface area contributed by atoms with Gasteiger partial charge in [0.25, 0.3) is 0 Å². The maximum Gasteiger partial charge on any atom is 0.196 e. The second-order valence-corrected chi connectivity index (χ2v) is 9.26. The third-order valence-corrected chi connectivity index (χ3v) is 7.72. The van der Waals surface area contributed by atoms with Crippen LogP contribution in [-0.4, -0.2) is 17.8 Å². The second-order valence-electron chi connectivity index (χ2n) is 6.02. The number of hydrogen-bond acceptors (Lipinski definition) is 1. The van der Waals surface area contributed by atoms with Gasteiger partial charge in [0, 0.05) is 24.7 Å². The molecule has 0 amide bonds. The average molecular weight is 392 g/mol. The molecule has 0 bridgehead atoms. The molecule has 2 nitrogen and oxygen atoms in total. The molecule has 1 saturated heterocycles. The van der Waals surface area contributed by atoms with Gasteiger partial charge in [-0.25, -0.2) is 4.67 Å². The first kappa shape index (κ1) is 18.5. The Labute approximate surface area is 159 Å². The van der Waals surface area contributed by atoms with Crippen molar-refractivity contribution in [3.8, 4) is 0 Å². The minimum absolute atomic E-state index is 0.490. The molecule has 5 heteroatoms. The molecule has 2 aromatic carbocycles. The summed E-state index contributed by atoms with van der Waals surface area (Å²) in [5.74, 6) is 3.36. The van der Waals surface area contributed by atoms with Crippen LogP contribution >= 0.6 is 30.5 Å². The molecule has 0 unspecified atom stereocenters. The van der Waals surface area contributed by atoms with Gasteiger partial charge in [0.1, 0.15) is 0 Å². The van der Waals surface area contributed by atoms with Gasteiger partial charge in [0.2, 0.25) is 0 Å². The van der Waals surface area contributed by atoms with E-state index in [9.17, 15) is 4.57 Å². The average Bonchev–Trinajstić information content (AvgIpc) is 3.18. The lowest BCUT2D eigenvalue weighted by molar-refractivity contribution is 0.491. The fourth-order valence-electron chi connectivity index (χ4n) is 2.88. The second kappa shape index (κ2) is 8.38. The summed E-state index contributed by atoms with van der Waals surface area (Å²) >= 11 is 13.0. The Morgan fingerprint density at radius 3 is 1.60 bits per heavy atom. The highest BCUT2D eigenvalue weighted by Gasteiger charge is 2.30. The van der Waals surface area contributed by atoms with Crippen molar-refractivity contribution in [2.75, 3.05) is 13.1 Å². The zero-order chi connectivity index (χ0) is 17.7. The number of halogens is 2. The summed E-state index contributed by atoms with van der Waals surface area (Å²) in [5.41, 5.74) is 1.71. The highest BCUT2D eigenvalue weighted by atomic mass is 35.5. The van der Waals surface area contributed by atoms with E-state index in [0.717, 1.165) is 37.1 Å². The van der Waals surface area contributed by atoms with Gasteiger partial charge >= 0.3 is 0 Å². The predicted octanol–water partition coefficient (Wildman–Crippen LogP) is 6.84. The summed E-state index contributed by atoms with van der Waals surface area (Å²) in [6, 6.07) is 19.2. The fraction of sp³-hybridized carbons (Fsp3) is 0.200. The van der Waals surface area contributed by atoms with Gasteiger partial charge in [-0.3, -0.25) is 4.57 Å². The molecule has 1 heterocycles. The zero-order valence-electron chi connectivity index (χ0n) is 13.8. The molecular formula is C20H20Cl2NOP. The van der Waals surface area contributed by atoms with E-state index in [-0.39, 0.29) is 0 Å². The predicted molar refractivity (Wildman–Crippen MR) is 109 cm³/mol. The van der Waals surface area contributed by atoms with E-state index in [1.54, 1.807) is 11.6 Å². The van der Waals surface area contributed by atoms with Crippen LogP contribution in [0.1, 0.15) is 24.0 Å². The van der Waals surface area contributed by atoms with Crippen LogP contribution in [0.25, 0.3) is 10.1 Å². The lowest BCUT2D eigenvalue weighted by Crippen LogP contribution is -2.13. The number of nitrogens with zero attached hydrogens (tertiary/aromatic N) is 1. The first-order valence-corrected chi connectivity index (χ1v) is 10.9. The normalized spacial score (nSPS) is 17.0. The van der Waals surface area contributed by atoms with E-state index >= 15 is 0 Å². The molecule has 0 N–H and O–H groups in total. The van der Waals surface area contributed by atoms with Crippen molar-refractivity contribution >= 4 is 40.6 Å². The number of hydrogen-bond donors (Lipinski definition) is 0. The van der Waals surface area contributed by atoms with Crippen LogP contribution in [0.4, 0.5) is 0 Å². The Kier molecular flexibility index (Phi) is 6.19. The molecule has 1 fully saturated rings. The number of rotatable bonds is 5. The van der Waals surface area contributed by atoms with E-state index in [4.69, 9.17) is 23.2 Å². The minimum atomic E-state index is -2.96. The maximum atomic E-state index is 13.8. The Morgan fingerprint density at radius 1 is 0.800 bits per heavy atom. The van der Waals surface area contributed by atoms with E-state index in [2.05, 4.69) is 0 Å². The molecule has 1 aliphatic rings. The molecule has 0 radical (unpaired) electrons. The molecule has 130 valence electrons. The van der Waals surface area contributed by atoms with Crippen LogP contribution in [0.5, 0.6) is 0 Å². The van der Waals surface area contributed by atoms with Gasteiger partial charge in [-0.05, 0) is 24.0 Å². The Hall–Kier alpha value is -1.31. The SMILES string of the molecule is O=P(/C=C(\Cl)c1ccccc1)(/C=C(\Cl)c1ccccc1)N1CCCC1. The minimum Gasteiger partial charge on any atom is -0.297 e. The highest BCUT2D eigenvalue weighted by Crippen LogP contribution is 2.58. The summed E-state index contributed by atoms with van der Waals surface area (Å²) in [7, 11) is -2.96. The quantitative estimate of drug-likeness (QED) is 0.520. The van der Waals surface area contributed by atoms with E-state index in [1.165, 1.54) is 0 Å². The van der Waals surface area contributed by atoms with Crippen molar-refractivity contribution < 1.29 is 4.57 Å². The van der Waals surface area contributed by atoms with Gasteiger partial charge in [-0.2, -0.15) is 0 Å². The monoisotopic (exact) mass is 391 g/mol. The lowest BCUT2D eigenvalue weighted by Gasteiger charge is -2.23. The maximum absolute atomic E-state index is 13.8. The van der Waals surface area contributed by atoms with E-state index < -0.39 is 7.29 Å². The summed E-state index contributed by atoms with van der Waals surface area (Å²) in [6.07, 6.45) is 2.08. The summed E-state index contributed by atoms with van der Waals surface area (Å²) < 4.78 is 15.8. The Balaban J connectivity index is 2.01. The van der Waals surface area contributed by atoms with Gasteiger partial charge in [-0.15, -0.1) is 0 Å². The third-order valence-electron chi connectivity index (χ3n) is 4.22. The molecule has 0 spiro atoms. The van der Waals surface area contributed by atoms with Crippen molar-refractivity contribution in [2.24, 2.45) is 0 Å². The molecule has 0 atom stereocenters. The molecular weight excluding hydrogens is 372 g/mol. The summed E-state index contributed by atoms with van der Waals surface area (Å²) in [4.78, 5) is 0. The van der Waals surface area contributed by atoms with Gasteiger partial charge < -0.3 is 0 Å². The number of benzene rings is 2. The molecule has 1 aliphatic heterocycles. The Morgan fingerprint density at radius 2 is 1.20 bits per heavy atom. The molecule has 0 aromatic heterocycles. The molecule has 2 aromatic rings.